The van der Waals surface area contributed by atoms with Gasteiger partial charge < -0.3 is 0 Å². The van der Waals surface area contributed by atoms with Crippen molar-refractivity contribution in [1.82, 2.24) is 9.55 Å². The molecule has 4 aromatic rings. The maximum atomic E-state index is 13.2. The number of fused-ring (bicyclic) bond motifs is 1. The molecule has 0 radical (unpaired) electrons. The van der Waals surface area contributed by atoms with Crippen LogP contribution >= 0.6 is 23.4 Å². The molecule has 0 fully saturated rings. The van der Waals surface area contributed by atoms with E-state index in [2.05, 4.69) is 31.2 Å². The first kappa shape index (κ1) is 18.8. The van der Waals surface area contributed by atoms with E-state index >= 15 is 0 Å². The van der Waals surface area contributed by atoms with E-state index < -0.39 is 0 Å². The lowest BCUT2D eigenvalue weighted by molar-refractivity contribution is 0.658. The molecule has 5 heteroatoms. The van der Waals surface area contributed by atoms with Gasteiger partial charge in [0.25, 0.3) is 5.56 Å². The number of rotatable bonds is 5. The van der Waals surface area contributed by atoms with E-state index in [4.69, 9.17) is 16.6 Å². The predicted octanol–water partition coefficient (Wildman–Crippen LogP) is 5.70. The van der Waals surface area contributed by atoms with Crippen LogP contribution in [0.3, 0.4) is 0 Å². The van der Waals surface area contributed by atoms with Gasteiger partial charge in [-0.05, 0) is 42.3 Å². The van der Waals surface area contributed by atoms with Gasteiger partial charge >= 0.3 is 0 Å². The minimum absolute atomic E-state index is 0.0306. The fraction of sp³-hybridized carbons (Fsp3) is 0.130. The van der Waals surface area contributed by atoms with Gasteiger partial charge in [0.1, 0.15) is 0 Å². The quantitative estimate of drug-likeness (QED) is 0.315. The van der Waals surface area contributed by atoms with Crippen LogP contribution in [0.1, 0.15) is 16.7 Å². The Kier molecular flexibility index (Phi) is 5.51. The highest BCUT2D eigenvalue weighted by Gasteiger charge is 2.12. The fourth-order valence-corrected chi connectivity index (χ4v) is 4.21. The van der Waals surface area contributed by atoms with Gasteiger partial charge in [0.2, 0.25) is 0 Å². The van der Waals surface area contributed by atoms with E-state index in [0.717, 1.165) is 16.8 Å². The lowest BCUT2D eigenvalue weighted by atomic mass is 10.2. The number of thioether (sulfide) groups is 1. The normalized spacial score (nSPS) is 11.1. The van der Waals surface area contributed by atoms with Gasteiger partial charge in [0, 0.05) is 10.8 Å². The summed E-state index contributed by atoms with van der Waals surface area (Å²) in [6.45, 7) is 2.51. The zero-order chi connectivity index (χ0) is 19.5. The van der Waals surface area contributed by atoms with Crippen molar-refractivity contribution in [2.75, 3.05) is 0 Å². The molecule has 140 valence electrons. The third-order valence-electron chi connectivity index (χ3n) is 4.54. The Labute approximate surface area is 173 Å². The molecule has 0 amide bonds. The van der Waals surface area contributed by atoms with Crippen LogP contribution in [0.15, 0.2) is 82.7 Å². The molecule has 0 saturated heterocycles. The first-order valence-corrected chi connectivity index (χ1v) is 10.4. The molecule has 0 aliphatic carbocycles. The van der Waals surface area contributed by atoms with Gasteiger partial charge in [-0.15, -0.1) is 0 Å². The summed E-state index contributed by atoms with van der Waals surface area (Å²) >= 11 is 7.71. The third-order valence-corrected chi connectivity index (χ3v) is 5.83. The van der Waals surface area contributed by atoms with Crippen LogP contribution in [0.5, 0.6) is 0 Å². The summed E-state index contributed by atoms with van der Waals surface area (Å²) in [5.41, 5.74) is 4.10. The Morgan fingerprint density at radius 3 is 2.54 bits per heavy atom. The van der Waals surface area contributed by atoms with Crippen molar-refractivity contribution >= 4 is 34.3 Å². The smallest absolute Gasteiger partial charge is 0.262 e. The molecule has 0 aliphatic rings. The summed E-state index contributed by atoms with van der Waals surface area (Å²) in [7, 11) is 0. The van der Waals surface area contributed by atoms with Crippen LogP contribution in [0, 0.1) is 6.92 Å². The second kappa shape index (κ2) is 8.21. The minimum atomic E-state index is -0.0306. The van der Waals surface area contributed by atoms with E-state index in [-0.39, 0.29) is 5.56 Å². The summed E-state index contributed by atoms with van der Waals surface area (Å²) in [6, 6.07) is 23.5. The standard InChI is InChI=1S/C23H19ClN2OS/c1-16-9-11-17(12-10-16)15-28-23-25-21-8-3-2-7-20(21)22(27)26(23)14-18-5-4-6-19(24)13-18/h2-13H,14-15H2,1H3. The number of aromatic nitrogens is 2. The zero-order valence-electron chi connectivity index (χ0n) is 15.4. The first-order valence-electron chi connectivity index (χ1n) is 9.02. The molecule has 0 unspecified atom stereocenters. The molecular formula is C23H19ClN2OS. The Morgan fingerprint density at radius 1 is 0.964 bits per heavy atom. The van der Waals surface area contributed by atoms with Crippen LogP contribution in [0.4, 0.5) is 0 Å². The summed E-state index contributed by atoms with van der Waals surface area (Å²) in [5, 5.41) is 2.00. The molecule has 0 bridgehead atoms. The summed E-state index contributed by atoms with van der Waals surface area (Å²) in [6.07, 6.45) is 0. The zero-order valence-corrected chi connectivity index (χ0v) is 17.0. The van der Waals surface area contributed by atoms with Crippen molar-refractivity contribution < 1.29 is 0 Å². The van der Waals surface area contributed by atoms with E-state index in [1.54, 1.807) is 16.3 Å². The number of benzene rings is 3. The molecule has 0 saturated carbocycles. The van der Waals surface area contributed by atoms with E-state index in [9.17, 15) is 4.79 Å². The highest BCUT2D eigenvalue weighted by atomic mass is 35.5. The van der Waals surface area contributed by atoms with Crippen molar-refractivity contribution in [1.29, 1.82) is 0 Å². The summed E-state index contributed by atoms with van der Waals surface area (Å²) in [5.74, 6) is 0.751. The molecule has 0 aliphatic heterocycles. The van der Waals surface area contributed by atoms with E-state index in [0.29, 0.717) is 22.1 Å². The van der Waals surface area contributed by atoms with Crippen molar-refractivity contribution in [3.63, 3.8) is 0 Å². The summed E-state index contributed by atoms with van der Waals surface area (Å²) < 4.78 is 1.74. The first-order chi connectivity index (χ1) is 13.6. The Bertz CT molecular complexity index is 1190. The second-order valence-corrected chi connectivity index (χ2v) is 8.09. The highest BCUT2D eigenvalue weighted by Crippen LogP contribution is 2.23. The number of aryl methyl sites for hydroxylation is 1. The molecule has 1 heterocycles. The molecule has 1 aromatic heterocycles. The van der Waals surface area contributed by atoms with Gasteiger partial charge in [-0.3, -0.25) is 9.36 Å². The van der Waals surface area contributed by atoms with Crippen molar-refractivity contribution in [2.45, 2.75) is 24.4 Å². The largest absolute Gasteiger partial charge is 0.283 e. The van der Waals surface area contributed by atoms with Gasteiger partial charge in [0.15, 0.2) is 5.16 Å². The van der Waals surface area contributed by atoms with Crippen molar-refractivity contribution in [2.24, 2.45) is 0 Å². The number of para-hydroxylation sites is 1. The van der Waals surface area contributed by atoms with Gasteiger partial charge in [-0.2, -0.15) is 0 Å². The lowest BCUT2D eigenvalue weighted by Crippen LogP contribution is -2.24. The number of halogens is 1. The minimum Gasteiger partial charge on any atom is -0.283 e. The van der Waals surface area contributed by atoms with Crippen LogP contribution < -0.4 is 5.56 Å². The molecule has 3 nitrogen and oxygen atoms in total. The Hall–Kier alpha value is -2.56. The molecular weight excluding hydrogens is 388 g/mol. The summed E-state index contributed by atoms with van der Waals surface area (Å²) in [4.78, 5) is 18.0. The van der Waals surface area contributed by atoms with Crippen molar-refractivity contribution in [3.05, 3.63) is 105 Å². The molecule has 3 aromatic carbocycles. The average Bonchev–Trinajstić information content (AvgIpc) is 2.70. The maximum Gasteiger partial charge on any atom is 0.262 e. The maximum absolute atomic E-state index is 13.2. The molecule has 4 rings (SSSR count). The van der Waals surface area contributed by atoms with Crippen molar-refractivity contribution in [3.8, 4) is 0 Å². The van der Waals surface area contributed by atoms with Gasteiger partial charge in [0.05, 0.1) is 17.4 Å². The van der Waals surface area contributed by atoms with Gasteiger partial charge in [-0.1, -0.05) is 77.5 Å². The molecule has 0 atom stereocenters. The van der Waals surface area contributed by atoms with Crippen LogP contribution in [-0.4, -0.2) is 9.55 Å². The molecule has 28 heavy (non-hydrogen) atoms. The number of nitrogens with zero attached hydrogens (tertiary/aromatic N) is 2. The van der Waals surface area contributed by atoms with E-state index in [1.165, 1.54) is 11.1 Å². The highest BCUT2D eigenvalue weighted by molar-refractivity contribution is 7.98. The lowest BCUT2D eigenvalue weighted by Gasteiger charge is -2.13. The third kappa shape index (κ3) is 4.13. The van der Waals surface area contributed by atoms with Crippen LogP contribution in [0.25, 0.3) is 10.9 Å². The van der Waals surface area contributed by atoms with Gasteiger partial charge in [-0.25, -0.2) is 4.98 Å². The Morgan fingerprint density at radius 2 is 1.75 bits per heavy atom. The molecule has 0 N–H and O–H groups in total. The van der Waals surface area contributed by atoms with Crippen LogP contribution in [0.2, 0.25) is 5.02 Å². The number of hydrogen-bond acceptors (Lipinski definition) is 3. The Balaban J connectivity index is 1.74. The fourth-order valence-electron chi connectivity index (χ4n) is 3.05. The predicted molar refractivity (Wildman–Crippen MR) is 117 cm³/mol. The number of hydrogen-bond donors (Lipinski definition) is 0. The van der Waals surface area contributed by atoms with Crippen LogP contribution in [-0.2, 0) is 12.3 Å². The monoisotopic (exact) mass is 406 g/mol. The average molecular weight is 407 g/mol. The second-order valence-electron chi connectivity index (χ2n) is 6.71. The SMILES string of the molecule is Cc1ccc(CSc2nc3ccccc3c(=O)n2Cc2cccc(Cl)c2)cc1. The topological polar surface area (TPSA) is 34.9 Å². The van der Waals surface area contributed by atoms with E-state index in [1.807, 2.05) is 48.5 Å². The molecule has 0 spiro atoms.